The Bertz CT molecular complexity index is 471. The third-order valence-corrected chi connectivity index (χ3v) is 1.79. The van der Waals surface area contributed by atoms with Crippen LogP contribution in [0.5, 0.6) is 5.75 Å². The number of nitrogens with zero attached hydrogens (tertiary/aromatic N) is 1. The van der Waals surface area contributed by atoms with Gasteiger partial charge in [0.25, 0.3) is 0 Å². The first-order valence-electron chi connectivity index (χ1n) is 3.91. The van der Waals surface area contributed by atoms with Crippen LogP contribution >= 0.6 is 11.6 Å². The fourth-order valence-corrected chi connectivity index (χ4v) is 1.08. The highest BCUT2D eigenvalue weighted by molar-refractivity contribution is 6.31. The average molecular weight is 246 g/mol. The molecule has 0 heterocycles. The maximum absolute atomic E-state index is 13.2. The maximum Gasteiger partial charge on any atom is 0.513 e. The molecule has 0 unspecified atom stereocenters. The number of carbonyl (C=O) groups excluding carboxylic acids is 2. The molecule has 16 heavy (non-hydrogen) atoms. The van der Waals surface area contributed by atoms with Gasteiger partial charge >= 0.3 is 6.16 Å². The van der Waals surface area contributed by atoms with Gasteiger partial charge in [0.15, 0.2) is 5.82 Å². The molecule has 0 spiro atoms. The first-order valence-corrected chi connectivity index (χ1v) is 4.29. The van der Waals surface area contributed by atoms with Crippen LogP contribution in [0.2, 0.25) is 5.02 Å². The lowest BCUT2D eigenvalue weighted by Gasteiger charge is -2.04. The predicted molar refractivity (Wildman–Crippen MR) is 52.2 cm³/mol. The van der Waals surface area contributed by atoms with E-state index in [1.165, 1.54) is 0 Å². The summed E-state index contributed by atoms with van der Waals surface area (Å²) in [5.74, 6) is -0.991. The van der Waals surface area contributed by atoms with E-state index in [0.717, 1.165) is 25.3 Å². The number of benzene rings is 1. The van der Waals surface area contributed by atoms with Gasteiger partial charge in [0.1, 0.15) is 11.4 Å². The van der Waals surface area contributed by atoms with Crippen LogP contribution in [0.25, 0.3) is 0 Å². The summed E-state index contributed by atoms with van der Waals surface area (Å²) in [4.78, 5) is 23.8. The zero-order valence-corrected chi connectivity index (χ0v) is 8.75. The number of aliphatic imine (C=N–C) groups is 1. The Morgan fingerprint density at radius 1 is 1.56 bits per heavy atom. The second kappa shape index (κ2) is 5.25. The fraction of sp³-hybridized carbons (Fsp3) is 0.111. The number of ether oxygens (including phenoxy) is 2. The minimum atomic E-state index is -0.997. The quantitative estimate of drug-likeness (QED) is 0.348. The summed E-state index contributed by atoms with van der Waals surface area (Å²) in [6.07, 6.45) is 0.155. The highest BCUT2D eigenvalue weighted by atomic mass is 35.5. The summed E-state index contributed by atoms with van der Waals surface area (Å²) in [5.41, 5.74) is -0.374. The largest absolute Gasteiger partial charge is 0.513 e. The first-order chi connectivity index (χ1) is 7.58. The van der Waals surface area contributed by atoms with Gasteiger partial charge in [-0.15, -0.1) is 0 Å². The van der Waals surface area contributed by atoms with Gasteiger partial charge in [-0.2, -0.15) is 4.99 Å². The van der Waals surface area contributed by atoms with Gasteiger partial charge in [-0.25, -0.2) is 14.0 Å². The van der Waals surface area contributed by atoms with Gasteiger partial charge in [0.2, 0.25) is 6.08 Å². The number of halogens is 2. The minimum absolute atomic E-state index is 0.0905. The Morgan fingerprint density at radius 2 is 2.25 bits per heavy atom. The lowest BCUT2D eigenvalue weighted by molar-refractivity contribution is 0.121. The summed E-state index contributed by atoms with van der Waals surface area (Å²) in [5, 5.41) is -0.338. The van der Waals surface area contributed by atoms with Crippen LogP contribution in [0.15, 0.2) is 17.1 Å². The summed E-state index contributed by atoms with van der Waals surface area (Å²) >= 11 is 5.48. The van der Waals surface area contributed by atoms with Crippen LogP contribution in [-0.4, -0.2) is 19.3 Å². The molecule has 0 bridgehead atoms. The molecule has 1 aromatic carbocycles. The van der Waals surface area contributed by atoms with Crippen molar-refractivity contribution in [2.75, 3.05) is 7.11 Å². The van der Waals surface area contributed by atoms with Crippen molar-refractivity contribution in [2.24, 2.45) is 4.99 Å². The molecule has 1 rings (SSSR count). The van der Waals surface area contributed by atoms with Gasteiger partial charge in [-0.1, -0.05) is 11.6 Å². The normalized spacial score (nSPS) is 9.19. The fourth-order valence-electron chi connectivity index (χ4n) is 0.878. The zero-order chi connectivity index (χ0) is 12.1. The summed E-state index contributed by atoms with van der Waals surface area (Å²) < 4.78 is 22.0. The van der Waals surface area contributed by atoms with E-state index >= 15 is 0 Å². The summed E-state index contributed by atoms with van der Waals surface area (Å²) in [7, 11) is 1.11. The summed E-state index contributed by atoms with van der Waals surface area (Å²) in [6.45, 7) is 0. The van der Waals surface area contributed by atoms with E-state index in [1.807, 2.05) is 0 Å². The third-order valence-electron chi connectivity index (χ3n) is 1.52. The van der Waals surface area contributed by atoms with Crippen molar-refractivity contribution < 1.29 is 23.5 Å². The van der Waals surface area contributed by atoms with Crippen molar-refractivity contribution in [3.63, 3.8) is 0 Å². The molecule has 0 atom stereocenters. The van der Waals surface area contributed by atoms with E-state index in [1.54, 1.807) is 0 Å². The number of rotatable bonds is 2. The van der Waals surface area contributed by atoms with E-state index in [9.17, 15) is 14.0 Å². The van der Waals surface area contributed by atoms with Crippen molar-refractivity contribution in [3.05, 3.63) is 23.0 Å². The molecule has 0 saturated carbocycles. The number of hydrogen-bond acceptors (Lipinski definition) is 5. The topological polar surface area (TPSA) is 65.0 Å². The lowest BCUT2D eigenvalue weighted by atomic mass is 10.3. The molecule has 0 aliphatic heterocycles. The first kappa shape index (κ1) is 12.2. The van der Waals surface area contributed by atoms with Crippen LogP contribution < -0.4 is 4.74 Å². The van der Waals surface area contributed by atoms with Gasteiger partial charge in [0.05, 0.1) is 12.1 Å². The molecule has 0 amide bonds. The molecule has 0 radical (unpaired) electrons. The van der Waals surface area contributed by atoms with E-state index in [0.29, 0.717) is 0 Å². The molecule has 1 aromatic rings. The molecule has 5 nitrogen and oxygen atoms in total. The van der Waals surface area contributed by atoms with Crippen LogP contribution in [0.1, 0.15) is 0 Å². The van der Waals surface area contributed by atoms with E-state index in [2.05, 4.69) is 14.5 Å². The SMILES string of the molecule is COC(=O)Oc1cc(Cl)c(F)c(N=C=O)c1. The Balaban J connectivity index is 3.13. The predicted octanol–water partition coefficient (Wildman–Crippen LogP) is 2.59. The van der Waals surface area contributed by atoms with E-state index in [-0.39, 0.29) is 16.5 Å². The summed E-state index contributed by atoms with van der Waals surface area (Å²) in [6, 6.07) is 2.07. The highest BCUT2D eigenvalue weighted by Gasteiger charge is 2.12. The lowest BCUT2D eigenvalue weighted by Crippen LogP contribution is -2.07. The molecule has 0 aromatic heterocycles. The molecular weight excluding hydrogens is 241 g/mol. The van der Waals surface area contributed by atoms with Crippen LogP contribution in [-0.2, 0) is 9.53 Å². The van der Waals surface area contributed by atoms with Crippen molar-refractivity contribution in [3.8, 4) is 5.75 Å². The van der Waals surface area contributed by atoms with Crippen molar-refractivity contribution in [1.29, 1.82) is 0 Å². The molecular formula is C9H5ClFNO4. The van der Waals surface area contributed by atoms with E-state index < -0.39 is 12.0 Å². The monoisotopic (exact) mass is 245 g/mol. The van der Waals surface area contributed by atoms with Gasteiger partial charge in [-0.05, 0) is 0 Å². The number of methoxy groups -OCH3 is 1. The van der Waals surface area contributed by atoms with Crippen LogP contribution in [0.3, 0.4) is 0 Å². The van der Waals surface area contributed by atoms with Crippen LogP contribution in [0, 0.1) is 5.82 Å². The smallest absolute Gasteiger partial charge is 0.437 e. The van der Waals surface area contributed by atoms with Gasteiger partial charge in [0, 0.05) is 12.1 Å². The van der Waals surface area contributed by atoms with Crippen LogP contribution in [0.4, 0.5) is 14.9 Å². The molecule has 0 saturated heterocycles. The van der Waals surface area contributed by atoms with Crippen molar-refractivity contribution in [2.45, 2.75) is 0 Å². The Hall–Kier alpha value is -1.91. The number of hydrogen-bond donors (Lipinski definition) is 0. The Kier molecular flexibility index (Phi) is 3.99. The van der Waals surface area contributed by atoms with Crippen molar-refractivity contribution >= 4 is 29.5 Å². The molecule has 84 valence electrons. The molecule has 7 heteroatoms. The Morgan fingerprint density at radius 3 is 2.81 bits per heavy atom. The third kappa shape index (κ3) is 2.79. The molecule has 0 N–H and O–H groups in total. The Labute approximate surface area is 94.4 Å². The molecule has 0 aliphatic carbocycles. The van der Waals surface area contributed by atoms with E-state index in [4.69, 9.17) is 11.6 Å². The number of carbonyl (C=O) groups is 1. The second-order valence-electron chi connectivity index (χ2n) is 2.50. The molecule has 0 fully saturated rings. The molecule has 0 aliphatic rings. The minimum Gasteiger partial charge on any atom is -0.437 e. The standard InChI is InChI=1S/C9H5ClFNO4/c1-15-9(14)16-5-2-6(10)8(11)7(3-5)12-4-13/h2-3H,1H3. The average Bonchev–Trinajstić information content (AvgIpc) is 2.25. The highest BCUT2D eigenvalue weighted by Crippen LogP contribution is 2.30. The van der Waals surface area contributed by atoms with Crippen molar-refractivity contribution in [1.82, 2.24) is 0 Å². The maximum atomic E-state index is 13.2. The zero-order valence-electron chi connectivity index (χ0n) is 7.99. The van der Waals surface area contributed by atoms with Gasteiger partial charge in [-0.3, -0.25) is 0 Å². The number of isocyanates is 1. The van der Waals surface area contributed by atoms with Gasteiger partial charge < -0.3 is 9.47 Å². The second-order valence-corrected chi connectivity index (χ2v) is 2.90.